The minimum atomic E-state index is 0.240. The van der Waals surface area contributed by atoms with Crippen LogP contribution in [0.3, 0.4) is 0 Å². The molecular weight excluding hydrogens is 128 g/mol. The van der Waals surface area contributed by atoms with Gasteiger partial charge >= 0.3 is 0 Å². The predicted octanol–water partition coefficient (Wildman–Crippen LogP) is 0.309. The Bertz CT molecular complexity index is 174. The quantitative estimate of drug-likeness (QED) is 0.485. The third-order valence-electron chi connectivity index (χ3n) is 1.76. The second kappa shape index (κ2) is 2.82. The van der Waals surface area contributed by atoms with E-state index in [1.165, 1.54) is 0 Å². The summed E-state index contributed by atoms with van der Waals surface area (Å²) >= 11 is 0. The standard InChI is InChI=1S/C7H12N2O/c1-6-8-5-7(10)3-4-9(6)2/h3-5H2,1-2H3. The molecule has 0 unspecified atom stereocenters. The van der Waals surface area contributed by atoms with Crippen molar-refractivity contribution in [3.05, 3.63) is 0 Å². The maximum atomic E-state index is 10.8. The maximum Gasteiger partial charge on any atom is 0.156 e. The van der Waals surface area contributed by atoms with Crippen molar-refractivity contribution >= 4 is 11.6 Å². The molecule has 1 aliphatic heterocycles. The Morgan fingerprint density at radius 1 is 1.60 bits per heavy atom. The molecule has 0 fully saturated rings. The van der Waals surface area contributed by atoms with E-state index in [4.69, 9.17) is 0 Å². The molecule has 1 heterocycles. The van der Waals surface area contributed by atoms with Crippen LogP contribution < -0.4 is 0 Å². The molecule has 0 aromatic rings. The predicted molar refractivity (Wildman–Crippen MR) is 40.2 cm³/mol. The Labute approximate surface area is 60.7 Å². The molecule has 0 radical (unpaired) electrons. The second-order valence-corrected chi connectivity index (χ2v) is 2.57. The summed E-state index contributed by atoms with van der Waals surface area (Å²) < 4.78 is 0. The monoisotopic (exact) mass is 140 g/mol. The van der Waals surface area contributed by atoms with Gasteiger partial charge in [-0.1, -0.05) is 0 Å². The van der Waals surface area contributed by atoms with E-state index in [1.54, 1.807) is 0 Å². The molecule has 0 saturated heterocycles. The van der Waals surface area contributed by atoms with Crippen LogP contribution in [-0.2, 0) is 4.79 Å². The van der Waals surface area contributed by atoms with Gasteiger partial charge in [0.2, 0.25) is 0 Å². The summed E-state index contributed by atoms with van der Waals surface area (Å²) in [5.41, 5.74) is 0. The first-order valence-corrected chi connectivity index (χ1v) is 3.44. The molecule has 3 heteroatoms. The van der Waals surface area contributed by atoms with E-state index in [1.807, 2.05) is 18.9 Å². The number of aliphatic imine (C=N–C) groups is 1. The summed E-state index contributed by atoms with van der Waals surface area (Å²) in [5, 5.41) is 0. The average Bonchev–Trinajstić information content (AvgIpc) is 2.04. The summed E-state index contributed by atoms with van der Waals surface area (Å²) in [6.45, 7) is 3.11. The van der Waals surface area contributed by atoms with Crippen LogP contribution in [0.1, 0.15) is 13.3 Å². The van der Waals surface area contributed by atoms with Gasteiger partial charge in [0.05, 0.1) is 12.4 Å². The Morgan fingerprint density at radius 3 is 3.00 bits per heavy atom. The largest absolute Gasteiger partial charge is 0.363 e. The number of hydrogen-bond acceptors (Lipinski definition) is 3. The Hall–Kier alpha value is -0.860. The molecule has 1 rings (SSSR count). The molecule has 3 nitrogen and oxygen atoms in total. The summed E-state index contributed by atoms with van der Waals surface area (Å²) in [7, 11) is 1.96. The average molecular weight is 140 g/mol. The van der Waals surface area contributed by atoms with Gasteiger partial charge in [-0.2, -0.15) is 0 Å². The fraction of sp³-hybridized carbons (Fsp3) is 0.714. The number of amidine groups is 1. The van der Waals surface area contributed by atoms with E-state index in [-0.39, 0.29) is 5.78 Å². The molecule has 0 saturated carbocycles. The number of carbonyl (C=O) groups excluding carboxylic acids is 1. The van der Waals surface area contributed by atoms with Crippen molar-refractivity contribution in [3.63, 3.8) is 0 Å². The van der Waals surface area contributed by atoms with Gasteiger partial charge in [-0.25, -0.2) is 0 Å². The zero-order valence-electron chi connectivity index (χ0n) is 6.42. The number of Topliss-reactive ketones (excluding diaryl/α,β-unsaturated/α-hetero) is 1. The topological polar surface area (TPSA) is 32.7 Å². The highest BCUT2D eigenvalue weighted by Crippen LogP contribution is 1.97. The first kappa shape index (κ1) is 7.25. The van der Waals surface area contributed by atoms with E-state index in [0.717, 1.165) is 12.4 Å². The van der Waals surface area contributed by atoms with E-state index >= 15 is 0 Å². The molecule has 0 amide bonds. The molecule has 0 aromatic carbocycles. The third-order valence-corrected chi connectivity index (χ3v) is 1.76. The highest BCUT2D eigenvalue weighted by atomic mass is 16.1. The van der Waals surface area contributed by atoms with Crippen LogP contribution in [-0.4, -0.2) is 36.7 Å². The lowest BCUT2D eigenvalue weighted by atomic mass is 10.3. The molecule has 10 heavy (non-hydrogen) atoms. The number of rotatable bonds is 0. The fourth-order valence-electron chi connectivity index (χ4n) is 0.857. The normalized spacial score (nSPS) is 20.4. The molecule has 1 aliphatic rings. The Kier molecular flexibility index (Phi) is 2.04. The highest BCUT2D eigenvalue weighted by Gasteiger charge is 2.09. The van der Waals surface area contributed by atoms with E-state index in [9.17, 15) is 4.79 Å². The molecule has 0 spiro atoms. The highest BCUT2D eigenvalue weighted by molar-refractivity contribution is 5.88. The Balaban J connectivity index is 2.63. The lowest BCUT2D eigenvalue weighted by Gasteiger charge is -2.14. The summed E-state index contributed by atoms with van der Waals surface area (Å²) in [6.07, 6.45) is 0.636. The SMILES string of the molecule is CC1=NCC(=O)CCN1C. The number of nitrogens with zero attached hydrogens (tertiary/aromatic N) is 2. The molecule has 0 aliphatic carbocycles. The summed E-state index contributed by atoms with van der Waals surface area (Å²) in [4.78, 5) is 16.9. The van der Waals surface area contributed by atoms with Crippen LogP contribution in [0.2, 0.25) is 0 Å². The van der Waals surface area contributed by atoms with E-state index in [2.05, 4.69) is 4.99 Å². The molecule has 0 atom stereocenters. The van der Waals surface area contributed by atoms with Crippen molar-refractivity contribution in [1.82, 2.24) is 4.90 Å². The summed E-state index contributed by atoms with van der Waals surface area (Å²) in [5.74, 6) is 1.20. The molecule has 0 N–H and O–H groups in total. The minimum absolute atomic E-state index is 0.240. The molecule has 0 bridgehead atoms. The van der Waals surface area contributed by atoms with Crippen LogP contribution in [0, 0.1) is 0 Å². The van der Waals surface area contributed by atoms with Gasteiger partial charge in [0, 0.05) is 20.0 Å². The van der Waals surface area contributed by atoms with E-state index in [0.29, 0.717) is 13.0 Å². The maximum absolute atomic E-state index is 10.8. The van der Waals surface area contributed by atoms with Crippen LogP contribution in [0.4, 0.5) is 0 Å². The van der Waals surface area contributed by atoms with Crippen LogP contribution >= 0.6 is 0 Å². The van der Waals surface area contributed by atoms with Crippen molar-refractivity contribution in [2.24, 2.45) is 4.99 Å². The lowest BCUT2D eigenvalue weighted by Crippen LogP contribution is -2.24. The fourth-order valence-corrected chi connectivity index (χ4v) is 0.857. The van der Waals surface area contributed by atoms with Gasteiger partial charge in [-0.15, -0.1) is 0 Å². The van der Waals surface area contributed by atoms with Crippen LogP contribution in [0.15, 0.2) is 4.99 Å². The number of ketones is 1. The van der Waals surface area contributed by atoms with Gasteiger partial charge in [0.1, 0.15) is 0 Å². The molecule has 0 aromatic heterocycles. The van der Waals surface area contributed by atoms with E-state index < -0.39 is 0 Å². The minimum Gasteiger partial charge on any atom is -0.363 e. The first-order chi connectivity index (χ1) is 4.70. The van der Waals surface area contributed by atoms with Crippen molar-refractivity contribution in [1.29, 1.82) is 0 Å². The zero-order valence-corrected chi connectivity index (χ0v) is 6.42. The zero-order chi connectivity index (χ0) is 7.56. The van der Waals surface area contributed by atoms with Crippen molar-refractivity contribution in [3.8, 4) is 0 Å². The van der Waals surface area contributed by atoms with Crippen molar-refractivity contribution in [2.45, 2.75) is 13.3 Å². The van der Waals surface area contributed by atoms with Crippen LogP contribution in [0.5, 0.6) is 0 Å². The lowest BCUT2D eigenvalue weighted by molar-refractivity contribution is -0.117. The number of carbonyl (C=O) groups is 1. The summed E-state index contributed by atoms with van der Waals surface area (Å²) in [6, 6.07) is 0. The van der Waals surface area contributed by atoms with Gasteiger partial charge < -0.3 is 4.90 Å². The molecular formula is C7H12N2O. The number of hydrogen-bond donors (Lipinski definition) is 0. The van der Waals surface area contributed by atoms with Gasteiger partial charge in [0.15, 0.2) is 5.78 Å². The van der Waals surface area contributed by atoms with Gasteiger partial charge in [-0.3, -0.25) is 9.79 Å². The van der Waals surface area contributed by atoms with Crippen LogP contribution in [0.25, 0.3) is 0 Å². The first-order valence-electron chi connectivity index (χ1n) is 3.44. The second-order valence-electron chi connectivity index (χ2n) is 2.57. The molecule has 56 valence electrons. The Morgan fingerprint density at radius 2 is 2.30 bits per heavy atom. The third kappa shape index (κ3) is 1.56. The van der Waals surface area contributed by atoms with Crippen molar-refractivity contribution in [2.75, 3.05) is 20.1 Å². The smallest absolute Gasteiger partial charge is 0.156 e. The van der Waals surface area contributed by atoms with Gasteiger partial charge in [0.25, 0.3) is 0 Å². The van der Waals surface area contributed by atoms with Crippen molar-refractivity contribution < 1.29 is 4.79 Å². The van der Waals surface area contributed by atoms with Gasteiger partial charge in [-0.05, 0) is 6.92 Å².